The molecule has 0 unspecified atom stereocenters. The molecule has 1 amide bonds. The summed E-state index contributed by atoms with van der Waals surface area (Å²) in [4.78, 5) is 23.7. The highest BCUT2D eigenvalue weighted by Gasteiger charge is 2.72. The Kier molecular flexibility index (Phi) is 8.86. The molecule has 0 aliphatic carbocycles. The summed E-state index contributed by atoms with van der Waals surface area (Å²) in [6, 6.07) is 11.7. The number of carbonyl (C=O) groups excluding carboxylic acids is 2. The molecule has 242 valence electrons. The molecule has 0 atom stereocenters. The average Bonchev–Trinajstić information content (AvgIpc) is 2.97. The Balaban J connectivity index is 1.65. The first-order valence-corrected chi connectivity index (χ1v) is 14.6. The molecule has 0 aromatic heterocycles. The highest BCUT2D eigenvalue weighted by atomic mass is 32.2. The van der Waals surface area contributed by atoms with Crippen molar-refractivity contribution >= 4 is 32.9 Å². The molecular formula is C31H24F6N2O6S. The van der Waals surface area contributed by atoms with Gasteiger partial charge in [0.2, 0.25) is 15.3 Å². The Bertz CT molecular complexity index is 1890. The van der Waals surface area contributed by atoms with Crippen molar-refractivity contribution in [2.45, 2.75) is 34.5 Å². The molecule has 0 heterocycles. The van der Waals surface area contributed by atoms with Gasteiger partial charge < -0.3 is 20.8 Å². The maximum Gasteiger partial charge on any atom is 0.411 e. The minimum absolute atomic E-state index is 0.0922. The summed E-state index contributed by atoms with van der Waals surface area (Å²) in [6.07, 6.45) is -11.8. The number of rotatable bonds is 8. The maximum absolute atomic E-state index is 14.4. The van der Waals surface area contributed by atoms with E-state index in [4.69, 9.17) is 0 Å². The molecule has 4 rings (SSSR count). The SMILES string of the molecule is CNc1ccc(S(=O)(=O)c2ccc(NC(=O)c3ccc(C(c4ccc(C(C)=O)cc4)(C(F)(F)F)C(F)(F)F)cc3)c(O)c2)cc1O. The van der Waals surface area contributed by atoms with Crippen LogP contribution in [0.1, 0.15) is 38.8 Å². The lowest BCUT2D eigenvalue weighted by atomic mass is 9.72. The van der Waals surface area contributed by atoms with Crippen molar-refractivity contribution in [1.29, 1.82) is 0 Å². The number of nitrogens with one attached hydrogen (secondary N) is 2. The third-order valence-electron chi connectivity index (χ3n) is 7.23. The van der Waals surface area contributed by atoms with Crippen LogP contribution in [0.4, 0.5) is 37.7 Å². The smallest absolute Gasteiger partial charge is 0.411 e. The first kappa shape index (κ1) is 33.8. The molecule has 0 aliphatic rings. The minimum Gasteiger partial charge on any atom is -0.506 e. The van der Waals surface area contributed by atoms with Crippen LogP contribution in [0.15, 0.2) is 94.7 Å². The maximum atomic E-state index is 14.4. The van der Waals surface area contributed by atoms with Gasteiger partial charge in [-0.2, -0.15) is 26.3 Å². The third kappa shape index (κ3) is 5.97. The number of alkyl halides is 6. The Hall–Kier alpha value is -5.05. The number of phenols is 2. The molecule has 15 heteroatoms. The first-order chi connectivity index (χ1) is 21.3. The van der Waals surface area contributed by atoms with E-state index in [0.717, 1.165) is 55.5 Å². The van der Waals surface area contributed by atoms with Crippen molar-refractivity contribution < 1.29 is 54.6 Å². The summed E-state index contributed by atoms with van der Waals surface area (Å²) in [5, 5.41) is 25.3. The van der Waals surface area contributed by atoms with Crippen molar-refractivity contribution in [2.75, 3.05) is 17.7 Å². The fraction of sp³-hybridized carbons (Fsp3) is 0.161. The average molecular weight is 667 g/mol. The normalized spacial score (nSPS) is 12.4. The number of hydrogen-bond acceptors (Lipinski definition) is 7. The predicted octanol–water partition coefficient (Wildman–Crippen LogP) is 6.84. The molecular weight excluding hydrogens is 642 g/mol. The summed E-state index contributed by atoms with van der Waals surface area (Å²) in [7, 11) is -2.73. The molecule has 0 saturated heterocycles. The van der Waals surface area contributed by atoms with E-state index in [1.807, 2.05) is 0 Å². The number of Topliss-reactive ketones (excluding diaryl/α,β-unsaturated/α-hetero) is 1. The largest absolute Gasteiger partial charge is 0.506 e. The number of ketones is 1. The number of sulfone groups is 1. The molecule has 0 spiro atoms. The van der Waals surface area contributed by atoms with Crippen molar-refractivity contribution in [3.63, 3.8) is 0 Å². The van der Waals surface area contributed by atoms with Gasteiger partial charge in [0.15, 0.2) is 5.78 Å². The van der Waals surface area contributed by atoms with Crippen LogP contribution in [0.5, 0.6) is 11.5 Å². The second-order valence-corrected chi connectivity index (χ2v) is 12.0. The monoisotopic (exact) mass is 666 g/mol. The molecule has 0 fully saturated rings. The van der Waals surface area contributed by atoms with E-state index in [0.29, 0.717) is 24.3 Å². The van der Waals surface area contributed by atoms with E-state index in [-0.39, 0.29) is 33.1 Å². The molecule has 4 aromatic rings. The van der Waals surface area contributed by atoms with Crippen LogP contribution in [0.25, 0.3) is 0 Å². The van der Waals surface area contributed by atoms with Gasteiger partial charge >= 0.3 is 12.4 Å². The molecule has 46 heavy (non-hydrogen) atoms. The van der Waals surface area contributed by atoms with Gasteiger partial charge in [0, 0.05) is 30.3 Å². The number of aromatic hydroxyl groups is 2. The topological polar surface area (TPSA) is 133 Å². The summed E-state index contributed by atoms with van der Waals surface area (Å²) < 4.78 is 112. The van der Waals surface area contributed by atoms with Crippen LogP contribution < -0.4 is 10.6 Å². The van der Waals surface area contributed by atoms with Gasteiger partial charge in [-0.15, -0.1) is 0 Å². The number of phenolic OH excluding ortho intramolecular Hbond substituents is 2. The van der Waals surface area contributed by atoms with Gasteiger partial charge in [-0.05, 0) is 54.4 Å². The van der Waals surface area contributed by atoms with E-state index >= 15 is 0 Å². The predicted molar refractivity (Wildman–Crippen MR) is 155 cm³/mol. The van der Waals surface area contributed by atoms with Crippen LogP contribution in [-0.2, 0) is 15.3 Å². The summed E-state index contributed by atoms with van der Waals surface area (Å²) in [6.45, 7) is 1.10. The minimum atomic E-state index is -5.89. The Morgan fingerprint density at radius 3 is 1.43 bits per heavy atom. The number of benzene rings is 4. The van der Waals surface area contributed by atoms with E-state index in [2.05, 4.69) is 10.6 Å². The third-order valence-corrected chi connectivity index (χ3v) is 8.98. The Morgan fingerprint density at radius 1 is 0.652 bits per heavy atom. The van der Waals surface area contributed by atoms with E-state index in [1.54, 1.807) is 0 Å². The molecule has 0 aliphatic heterocycles. The molecule has 0 radical (unpaired) electrons. The van der Waals surface area contributed by atoms with Crippen LogP contribution in [0.3, 0.4) is 0 Å². The highest BCUT2D eigenvalue weighted by Crippen LogP contribution is 2.56. The lowest BCUT2D eigenvalue weighted by Gasteiger charge is -2.38. The molecule has 0 saturated carbocycles. The number of hydrogen-bond donors (Lipinski definition) is 4. The van der Waals surface area contributed by atoms with Gasteiger partial charge in [0.05, 0.1) is 21.2 Å². The molecule has 4 aromatic carbocycles. The fourth-order valence-electron chi connectivity index (χ4n) is 4.81. The van der Waals surface area contributed by atoms with Crippen molar-refractivity contribution in [1.82, 2.24) is 0 Å². The van der Waals surface area contributed by atoms with Gasteiger partial charge in [0.1, 0.15) is 11.5 Å². The number of amides is 1. The van der Waals surface area contributed by atoms with Crippen molar-refractivity contribution in [2.24, 2.45) is 0 Å². The van der Waals surface area contributed by atoms with Crippen molar-refractivity contribution in [3.05, 3.63) is 107 Å². The molecule has 4 N–H and O–H groups in total. The molecule has 8 nitrogen and oxygen atoms in total. The second kappa shape index (κ2) is 12.0. The Morgan fingerprint density at radius 2 is 1.07 bits per heavy atom. The highest BCUT2D eigenvalue weighted by molar-refractivity contribution is 7.91. The van der Waals surface area contributed by atoms with Crippen LogP contribution in [0.2, 0.25) is 0 Å². The summed E-state index contributed by atoms with van der Waals surface area (Å²) in [5.41, 5.74) is -7.47. The van der Waals surface area contributed by atoms with E-state index in [9.17, 15) is 54.6 Å². The Labute approximate surface area is 258 Å². The zero-order chi connectivity index (χ0) is 34.2. The van der Waals surface area contributed by atoms with E-state index < -0.39 is 61.1 Å². The molecule has 0 bridgehead atoms. The van der Waals surface area contributed by atoms with Gasteiger partial charge in [-0.1, -0.05) is 36.4 Å². The van der Waals surface area contributed by atoms with Crippen LogP contribution in [0, 0.1) is 0 Å². The standard InChI is InChI=1S/C31H24F6N2O6S/c1-17(40)18-3-7-20(8-4-18)29(30(32,33)34,31(35,36)37)21-9-5-19(6-10-21)28(43)39-25-14-12-23(16-27(25)42)46(44,45)22-11-13-24(38-2)26(41)15-22/h3-16,38,41-42H,1-2H3,(H,39,43). The van der Waals surface area contributed by atoms with Crippen molar-refractivity contribution in [3.8, 4) is 11.5 Å². The first-order valence-electron chi connectivity index (χ1n) is 13.1. The number of carbonyl (C=O) groups is 2. The second-order valence-electron chi connectivity index (χ2n) is 10.0. The fourth-order valence-corrected chi connectivity index (χ4v) is 6.11. The zero-order valence-corrected chi connectivity index (χ0v) is 24.6. The van der Waals surface area contributed by atoms with Crippen LogP contribution in [-0.4, -0.2) is 49.7 Å². The van der Waals surface area contributed by atoms with Gasteiger partial charge in [-0.3, -0.25) is 9.59 Å². The lowest BCUT2D eigenvalue weighted by molar-refractivity contribution is -0.288. The summed E-state index contributed by atoms with van der Waals surface area (Å²) >= 11 is 0. The number of anilines is 2. The quantitative estimate of drug-likeness (QED) is 0.0920. The van der Waals surface area contributed by atoms with Crippen LogP contribution >= 0.6 is 0 Å². The zero-order valence-electron chi connectivity index (χ0n) is 23.8. The number of halogens is 6. The van der Waals surface area contributed by atoms with Gasteiger partial charge in [0.25, 0.3) is 5.91 Å². The lowest BCUT2D eigenvalue weighted by Crippen LogP contribution is -2.54. The van der Waals surface area contributed by atoms with E-state index in [1.165, 1.54) is 19.2 Å². The summed E-state index contributed by atoms with van der Waals surface area (Å²) in [5.74, 6) is -2.67. The van der Waals surface area contributed by atoms with Gasteiger partial charge in [-0.25, -0.2) is 8.42 Å².